The maximum atomic E-state index is 13.0. The molecule has 1 aliphatic heterocycles. The van der Waals surface area contributed by atoms with E-state index in [0.717, 1.165) is 16.7 Å². The van der Waals surface area contributed by atoms with E-state index in [9.17, 15) is 14.7 Å². The monoisotopic (exact) mass is 399 g/mol. The molecule has 7 heteroatoms. The Kier molecular flexibility index (Phi) is 5.96. The number of carbonyl (C=O) groups excluding carboxylic acids is 1. The lowest BCUT2D eigenvalue weighted by Crippen LogP contribution is -2.34. The third kappa shape index (κ3) is 4.29. The Morgan fingerprint density at radius 1 is 1.14 bits per heavy atom. The summed E-state index contributed by atoms with van der Waals surface area (Å²) in [5.41, 5.74) is 3.62. The minimum absolute atomic E-state index is 0.232. The van der Waals surface area contributed by atoms with Crippen molar-refractivity contribution in [1.82, 2.24) is 5.32 Å². The van der Waals surface area contributed by atoms with Gasteiger partial charge in [0.15, 0.2) is 11.5 Å². The second-order valence-electron chi connectivity index (χ2n) is 7.11. The average Bonchev–Trinajstić information content (AvgIpc) is 3.09. The van der Waals surface area contributed by atoms with E-state index in [0.29, 0.717) is 22.8 Å². The molecule has 154 valence electrons. The lowest BCUT2D eigenvalue weighted by molar-refractivity contribution is -0.137. The van der Waals surface area contributed by atoms with Gasteiger partial charge >= 0.3 is 5.97 Å². The number of fused-ring (bicyclic) bond motifs is 1. The molecule has 7 nitrogen and oxygen atoms in total. The average molecular weight is 399 g/mol. The molecule has 0 fully saturated rings. The zero-order valence-electron chi connectivity index (χ0n) is 16.9. The fourth-order valence-corrected chi connectivity index (χ4v) is 3.46. The molecule has 0 spiro atoms. The van der Waals surface area contributed by atoms with Gasteiger partial charge in [0.1, 0.15) is 18.3 Å². The molecule has 0 bridgehead atoms. The number of benzene rings is 2. The van der Waals surface area contributed by atoms with Gasteiger partial charge in [-0.05, 0) is 48.7 Å². The molecule has 0 aromatic heterocycles. The minimum atomic E-state index is -1.01. The molecule has 2 N–H and O–H groups in total. The molecular formula is C22H25NO6. The number of hydrogen-bond acceptors (Lipinski definition) is 5. The Morgan fingerprint density at radius 2 is 1.83 bits per heavy atom. The lowest BCUT2D eigenvalue weighted by Gasteiger charge is -2.21. The number of amides is 1. The highest BCUT2D eigenvalue weighted by atomic mass is 16.5. The Bertz CT molecular complexity index is 939. The van der Waals surface area contributed by atoms with Crippen LogP contribution in [0.25, 0.3) is 0 Å². The van der Waals surface area contributed by atoms with Gasteiger partial charge < -0.3 is 24.6 Å². The van der Waals surface area contributed by atoms with Gasteiger partial charge in [-0.3, -0.25) is 9.59 Å². The van der Waals surface area contributed by atoms with Crippen molar-refractivity contribution in [2.45, 2.75) is 32.2 Å². The number of methoxy groups -OCH3 is 2. The van der Waals surface area contributed by atoms with Gasteiger partial charge in [0.05, 0.1) is 26.7 Å². The third-order valence-electron chi connectivity index (χ3n) is 5.23. The maximum Gasteiger partial charge on any atom is 0.305 e. The molecule has 2 unspecified atom stereocenters. The first-order valence-corrected chi connectivity index (χ1v) is 9.32. The maximum absolute atomic E-state index is 13.0. The van der Waals surface area contributed by atoms with Crippen LogP contribution in [0.1, 0.15) is 40.6 Å². The molecule has 29 heavy (non-hydrogen) atoms. The zero-order chi connectivity index (χ0) is 21.1. The van der Waals surface area contributed by atoms with Crippen molar-refractivity contribution < 1.29 is 28.9 Å². The SMILES string of the molecule is COc1ccc(C(CC(=O)O)NC(=O)C2COc3cc(C)c(C)cc32)cc1OC. The number of aryl methyl sites for hydroxylation is 2. The van der Waals surface area contributed by atoms with E-state index < -0.39 is 17.9 Å². The summed E-state index contributed by atoms with van der Waals surface area (Å²) in [4.78, 5) is 24.4. The van der Waals surface area contributed by atoms with Gasteiger partial charge in [0, 0.05) is 5.56 Å². The Morgan fingerprint density at radius 3 is 2.48 bits per heavy atom. The molecule has 1 amide bonds. The lowest BCUT2D eigenvalue weighted by atomic mass is 9.95. The Labute approximate surface area is 169 Å². The van der Waals surface area contributed by atoms with Crippen LogP contribution < -0.4 is 19.5 Å². The molecule has 0 saturated heterocycles. The van der Waals surface area contributed by atoms with Crippen LogP contribution in [0.3, 0.4) is 0 Å². The highest BCUT2D eigenvalue weighted by Gasteiger charge is 2.33. The molecular weight excluding hydrogens is 374 g/mol. The smallest absolute Gasteiger partial charge is 0.305 e. The normalized spacial score (nSPS) is 15.8. The second-order valence-corrected chi connectivity index (χ2v) is 7.11. The van der Waals surface area contributed by atoms with E-state index in [2.05, 4.69) is 5.32 Å². The molecule has 3 rings (SSSR count). The van der Waals surface area contributed by atoms with Crippen LogP contribution in [-0.4, -0.2) is 37.8 Å². The first-order chi connectivity index (χ1) is 13.8. The predicted molar refractivity (Wildman–Crippen MR) is 107 cm³/mol. The summed E-state index contributed by atoms with van der Waals surface area (Å²) in [5.74, 6) is -0.0709. The summed E-state index contributed by atoms with van der Waals surface area (Å²) in [6.45, 7) is 4.21. The first kappa shape index (κ1) is 20.5. The number of rotatable bonds is 7. The topological polar surface area (TPSA) is 94.1 Å². The third-order valence-corrected chi connectivity index (χ3v) is 5.23. The molecule has 0 saturated carbocycles. The van der Waals surface area contributed by atoms with Gasteiger partial charge in [-0.25, -0.2) is 0 Å². The van der Waals surface area contributed by atoms with E-state index in [1.165, 1.54) is 14.2 Å². The van der Waals surface area contributed by atoms with E-state index in [4.69, 9.17) is 14.2 Å². The Balaban J connectivity index is 1.86. The highest BCUT2D eigenvalue weighted by molar-refractivity contribution is 5.86. The van der Waals surface area contributed by atoms with Crippen molar-refractivity contribution in [3.8, 4) is 17.2 Å². The summed E-state index contributed by atoms with van der Waals surface area (Å²) in [6, 6.07) is 8.28. The fourth-order valence-electron chi connectivity index (χ4n) is 3.46. The Hall–Kier alpha value is -3.22. The van der Waals surface area contributed by atoms with Crippen LogP contribution in [-0.2, 0) is 9.59 Å². The number of ether oxygens (including phenoxy) is 3. The molecule has 1 heterocycles. The van der Waals surface area contributed by atoms with Crippen molar-refractivity contribution in [3.63, 3.8) is 0 Å². The molecule has 0 aliphatic carbocycles. The molecule has 1 aliphatic rings. The molecule has 2 atom stereocenters. The number of hydrogen-bond donors (Lipinski definition) is 2. The zero-order valence-corrected chi connectivity index (χ0v) is 16.9. The minimum Gasteiger partial charge on any atom is -0.493 e. The number of aliphatic carboxylic acids is 1. The number of carboxylic acid groups (broad SMARTS) is 1. The second kappa shape index (κ2) is 8.43. The largest absolute Gasteiger partial charge is 0.493 e. The van der Waals surface area contributed by atoms with E-state index in [-0.39, 0.29) is 18.9 Å². The predicted octanol–water partition coefficient (Wildman–Crippen LogP) is 3.13. The van der Waals surface area contributed by atoms with Crippen molar-refractivity contribution in [1.29, 1.82) is 0 Å². The summed E-state index contributed by atoms with van der Waals surface area (Å²) in [7, 11) is 3.03. The molecule has 2 aromatic carbocycles. The standard InChI is InChI=1S/C22H25NO6/c1-12-7-15-16(11-29-19(15)8-13(12)2)22(26)23-17(10-21(24)25)14-5-6-18(27-3)20(9-14)28-4/h5-9,16-17H,10-11H2,1-4H3,(H,23,26)(H,24,25). The van der Waals surface area contributed by atoms with E-state index in [1.807, 2.05) is 26.0 Å². The van der Waals surface area contributed by atoms with Crippen LogP contribution in [0.4, 0.5) is 0 Å². The molecule has 0 radical (unpaired) electrons. The van der Waals surface area contributed by atoms with Crippen LogP contribution in [0.15, 0.2) is 30.3 Å². The van der Waals surface area contributed by atoms with Gasteiger partial charge in [-0.1, -0.05) is 12.1 Å². The van der Waals surface area contributed by atoms with Crippen molar-refractivity contribution >= 4 is 11.9 Å². The van der Waals surface area contributed by atoms with Gasteiger partial charge in [0.25, 0.3) is 0 Å². The fraction of sp³-hybridized carbons (Fsp3) is 0.364. The van der Waals surface area contributed by atoms with Crippen molar-refractivity contribution in [2.24, 2.45) is 0 Å². The van der Waals surface area contributed by atoms with E-state index in [1.54, 1.807) is 18.2 Å². The summed E-state index contributed by atoms with van der Waals surface area (Å²) < 4.78 is 16.2. The van der Waals surface area contributed by atoms with Gasteiger partial charge in [0.2, 0.25) is 5.91 Å². The summed E-state index contributed by atoms with van der Waals surface area (Å²) >= 11 is 0. The number of nitrogens with one attached hydrogen (secondary N) is 1. The summed E-state index contributed by atoms with van der Waals surface area (Å²) in [5, 5.41) is 12.2. The quantitative estimate of drug-likeness (QED) is 0.743. The van der Waals surface area contributed by atoms with Crippen LogP contribution >= 0.6 is 0 Å². The first-order valence-electron chi connectivity index (χ1n) is 9.32. The van der Waals surface area contributed by atoms with Crippen molar-refractivity contribution in [2.75, 3.05) is 20.8 Å². The number of carboxylic acids is 1. The highest BCUT2D eigenvalue weighted by Crippen LogP contribution is 2.37. The van der Waals surface area contributed by atoms with Crippen molar-refractivity contribution in [3.05, 3.63) is 52.6 Å². The van der Waals surface area contributed by atoms with Gasteiger partial charge in [-0.15, -0.1) is 0 Å². The van der Waals surface area contributed by atoms with Gasteiger partial charge in [-0.2, -0.15) is 0 Å². The molecule has 2 aromatic rings. The van der Waals surface area contributed by atoms with Crippen LogP contribution in [0, 0.1) is 13.8 Å². The summed E-state index contributed by atoms with van der Waals surface area (Å²) in [6.07, 6.45) is -0.255. The van der Waals surface area contributed by atoms with Crippen LogP contribution in [0.2, 0.25) is 0 Å². The number of carbonyl (C=O) groups is 2. The van der Waals surface area contributed by atoms with E-state index >= 15 is 0 Å². The van der Waals surface area contributed by atoms with Crippen LogP contribution in [0.5, 0.6) is 17.2 Å².